The fourth-order valence-electron chi connectivity index (χ4n) is 1.24. The molecule has 0 spiro atoms. The van der Waals surface area contributed by atoms with Crippen LogP contribution in [0.4, 0.5) is 5.69 Å². The first-order valence-corrected chi connectivity index (χ1v) is 6.35. The lowest BCUT2D eigenvalue weighted by Gasteiger charge is -2.05. The van der Waals surface area contributed by atoms with Crippen molar-refractivity contribution in [2.24, 2.45) is 0 Å². The first-order valence-electron chi connectivity index (χ1n) is 4.67. The van der Waals surface area contributed by atoms with Crippen LogP contribution in [0.25, 0.3) is 0 Å². The standard InChI is InChI=1S/C11H9BrN2OS/c12-9-7-13-4-3-10(9)14-11(15)6-8-2-1-5-16-8/h1-5,7H,6H2,(H,13,14,15). The van der Waals surface area contributed by atoms with E-state index in [-0.39, 0.29) is 5.91 Å². The number of hydrogen-bond donors (Lipinski definition) is 1. The van der Waals surface area contributed by atoms with Gasteiger partial charge in [0.1, 0.15) is 0 Å². The molecule has 0 saturated carbocycles. The Morgan fingerprint density at radius 1 is 1.50 bits per heavy atom. The van der Waals surface area contributed by atoms with Crippen LogP contribution in [0.1, 0.15) is 4.88 Å². The van der Waals surface area contributed by atoms with E-state index in [1.807, 2.05) is 17.5 Å². The Kier molecular flexibility index (Phi) is 3.69. The average molecular weight is 297 g/mol. The summed E-state index contributed by atoms with van der Waals surface area (Å²) in [5.74, 6) is -0.0191. The van der Waals surface area contributed by atoms with E-state index in [1.165, 1.54) is 0 Å². The lowest BCUT2D eigenvalue weighted by atomic mass is 10.3. The molecule has 16 heavy (non-hydrogen) atoms. The van der Waals surface area contributed by atoms with Crippen molar-refractivity contribution in [1.82, 2.24) is 4.98 Å². The highest BCUT2D eigenvalue weighted by molar-refractivity contribution is 9.10. The fourth-order valence-corrected chi connectivity index (χ4v) is 2.30. The molecule has 5 heteroatoms. The number of carbonyl (C=O) groups excluding carboxylic acids is 1. The molecule has 0 unspecified atom stereocenters. The van der Waals surface area contributed by atoms with Gasteiger partial charge in [-0.2, -0.15) is 0 Å². The van der Waals surface area contributed by atoms with Gasteiger partial charge in [-0.25, -0.2) is 0 Å². The van der Waals surface area contributed by atoms with Crippen LogP contribution in [0.2, 0.25) is 0 Å². The van der Waals surface area contributed by atoms with Crippen molar-refractivity contribution >= 4 is 38.9 Å². The van der Waals surface area contributed by atoms with E-state index in [0.29, 0.717) is 6.42 Å². The molecule has 2 aromatic rings. The van der Waals surface area contributed by atoms with E-state index in [9.17, 15) is 4.79 Å². The van der Waals surface area contributed by atoms with Crippen LogP contribution in [-0.4, -0.2) is 10.9 Å². The van der Waals surface area contributed by atoms with Crippen molar-refractivity contribution in [2.75, 3.05) is 5.32 Å². The van der Waals surface area contributed by atoms with E-state index in [1.54, 1.807) is 29.8 Å². The second-order valence-corrected chi connectivity index (χ2v) is 5.05. The molecular formula is C11H9BrN2OS. The third-order valence-electron chi connectivity index (χ3n) is 1.96. The first kappa shape index (κ1) is 11.3. The molecule has 3 nitrogen and oxygen atoms in total. The highest BCUT2D eigenvalue weighted by Gasteiger charge is 2.06. The van der Waals surface area contributed by atoms with Gasteiger partial charge in [-0.05, 0) is 33.4 Å². The van der Waals surface area contributed by atoms with Crippen molar-refractivity contribution in [2.45, 2.75) is 6.42 Å². The molecule has 0 atom stereocenters. The van der Waals surface area contributed by atoms with E-state index in [4.69, 9.17) is 0 Å². The molecule has 2 rings (SSSR count). The number of nitrogens with zero attached hydrogens (tertiary/aromatic N) is 1. The van der Waals surface area contributed by atoms with E-state index >= 15 is 0 Å². The number of hydrogen-bond acceptors (Lipinski definition) is 3. The highest BCUT2D eigenvalue weighted by Crippen LogP contribution is 2.20. The maximum Gasteiger partial charge on any atom is 0.229 e. The number of nitrogens with one attached hydrogen (secondary N) is 1. The summed E-state index contributed by atoms with van der Waals surface area (Å²) in [6, 6.07) is 5.65. The molecule has 2 heterocycles. The van der Waals surface area contributed by atoms with Crippen LogP contribution in [0.3, 0.4) is 0 Å². The number of amides is 1. The molecular weight excluding hydrogens is 288 g/mol. The summed E-state index contributed by atoms with van der Waals surface area (Å²) in [5.41, 5.74) is 0.747. The van der Waals surface area contributed by atoms with Gasteiger partial charge in [-0.15, -0.1) is 11.3 Å². The average Bonchev–Trinajstić information content (AvgIpc) is 2.74. The van der Waals surface area contributed by atoms with Crippen molar-refractivity contribution in [1.29, 1.82) is 0 Å². The van der Waals surface area contributed by atoms with E-state index in [2.05, 4.69) is 26.2 Å². The maximum absolute atomic E-state index is 11.7. The van der Waals surface area contributed by atoms with Gasteiger partial charge in [-0.3, -0.25) is 9.78 Å². The van der Waals surface area contributed by atoms with Gasteiger partial charge < -0.3 is 5.32 Å². The van der Waals surface area contributed by atoms with Gasteiger partial charge >= 0.3 is 0 Å². The summed E-state index contributed by atoms with van der Waals surface area (Å²) < 4.78 is 0.787. The molecule has 0 bridgehead atoms. The maximum atomic E-state index is 11.7. The van der Waals surface area contributed by atoms with Gasteiger partial charge in [0.15, 0.2) is 0 Å². The normalized spacial score (nSPS) is 10.1. The second kappa shape index (κ2) is 5.23. The van der Waals surface area contributed by atoms with Crippen molar-refractivity contribution in [3.8, 4) is 0 Å². The summed E-state index contributed by atoms with van der Waals surface area (Å²) in [6.45, 7) is 0. The van der Waals surface area contributed by atoms with Crippen LogP contribution in [0.5, 0.6) is 0 Å². The molecule has 0 aliphatic rings. The zero-order valence-electron chi connectivity index (χ0n) is 8.31. The minimum atomic E-state index is -0.0191. The number of thiophene rings is 1. The molecule has 0 fully saturated rings. The van der Waals surface area contributed by atoms with Crippen LogP contribution in [-0.2, 0) is 11.2 Å². The van der Waals surface area contributed by atoms with Crippen LogP contribution in [0, 0.1) is 0 Å². The van der Waals surface area contributed by atoms with Gasteiger partial charge in [-0.1, -0.05) is 6.07 Å². The molecule has 1 amide bonds. The van der Waals surface area contributed by atoms with Gasteiger partial charge in [0, 0.05) is 17.3 Å². The largest absolute Gasteiger partial charge is 0.325 e. The number of aromatic nitrogens is 1. The van der Waals surface area contributed by atoms with Crippen LogP contribution >= 0.6 is 27.3 Å². The SMILES string of the molecule is O=C(Cc1cccs1)Nc1ccncc1Br. The first-order chi connectivity index (χ1) is 7.75. The molecule has 1 N–H and O–H groups in total. The number of halogens is 1. The Bertz CT molecular complexity index is 484. The van der Waals surface area contributed by atoms with Gasteiger partial charge in [0.05, 0.1) is 16.6 Å². The Balaban J connectivity index is 2.00. The Morgan fingerprint density at radius 2 is 2.38 bits per heavy atom. The third-order valence-corrected chi connectivity index (χ3v) is 3.47. The van der Waals surface area contributed by atoms with Crippen LogP contribution in [0.15, 0.2) is 40.4 Å². The zero-order valence-corrected chi connectivity index (χ0v) is 10.7. The van der Waals surface area contributed by atoms with Gasteiger partial charge in [0.25, 0.3) is 0 Å². The minimum absolute atomic E-state index is 0.0191. The third kappa shape index (κ3) is 2.90. The molecule has 0 saturated heterocycles. The minimum Gasteiger partial charge on any atom is -0.325 e. The Morgan fingerprint density at radius 3 is 3.06 bits per heavy atom. The van der Waals surface area contributed by atoms with Crippen LogP contribution < -0.4 is 5.32 Å². The molecule has 82 valence electrons. The number of anilines is 1. The molecule has 0 radical (unpaired) electrons. The highest BCUT2D eigenvalue weighted by atomic mass is 79.9. The quantitative estimate of drug-likeness (QED) is 0.946. The Labute approximate surface area is 106 Å². The summed E-state index contributed by atoms with van der Waals surface area (Å²) in [4.78, 5) is 16.7. The monoisotopic (exact) mass is 296 g/mol. The van der Waals surface area contributed by atoms with E-state index in [0.717, 1.165) is 15.0 Å². The molecule has 0 aliphatic carbocycles. The lowest BCUT2D eigenvalue weighted by molar-refractivity contribution is -0.115. The van der Waals surface area contributed by atoms with Gasteiger partial charge in [0.2, 0.25) is 5.91 Å². The predicted octanol–water partition coefficient (Wildman–Crippen LogP) is 3.09. The molecule has 2 aromatic heterocycles. The zero-order chi connectivity index (χ0) is 11.4. The smallest absolute Gasteiger partial charge is 0.229 e. The summed E-state index contributed by atoms with van der Waals surface area (Å²) in [5, 5.41) is 4.79. The topological polar surface area (TPSA) is 42.0 Å². The van der Waals surface area contributed by atoms with Crippen molar-refractivity contribution in [3.05, 3.63) is 45.3 Å². The lowest BCUT2D eigenvalue weighted by Crippen LogP contribution is -2.14. The molecule has 0 aliphatic heterocycles. The van der Waals surface area contributed by atoms with E-state index < -0.39 is 0 Å². The summed E-state index contributed by atoms with van der Waals surface area (Å²) >= 11 is 4.91. The predicted molar refractivity (Wildman–Crippen MR) is 68.6 cm³/mol. The van der Waals surface area contributed by atoms with Crippen molar-refractivity contribution < 1.29 is 4.79 Å². The number of carbonyl (C=O) groups is 1. The Hall–Kier alpha value is -1.20. The number of pyridine rings is 1. The molecule has 0 aromatic carbocycles. The van der Waals surface area contributed by atoms with Crippen molar-refractivity contribution in [3.63, 3.8) is 0 Å². The number of rotatable bonds is 3. The summed E-state index contributed by atoms with van der Waals surface area (Å²) in [7, 11) is 0. The fraction of sp³-hybridized carbons (Fsp3) is 0.0909. The summed E-state index contributed by atoms with van der Waals surface area (Å²) in [6.07, 6.45) is 3.71. The second-order valence-electron chi connectivity index (χ2n) is 3.16.